The van der Waals surface area contributed by atoms with Gasteiger partial charge in [0.15, 0.2) is 0 Å². The van der Waals surface area contributed by atoms with E-state index >= 15 is 0 Å². The van der Waals surface area contributed by atoms with E-state index in [1.807, 2.05) is 13.0 Å². The van der Waals surface area contributed by atoms with E-state index in [0.717, 1.165) is 5.56 Å². The zero-order valence-electron chi connectivity index (χ0n) is 12.9. The average Bonchev–Trinajstić information content (AvgIpc) is 2.37. The van der Waals surface area contributed by atoms with Crippen molar-refractivity contribution < 1.29 is 14.6 Å². The van der Waals surface area contributed by atoms with Gasteiger partial charge in [0.05, 0.1) is 11.6 Å². The molecule has 1 rings (SSSR count). The van der Waals surface area contributed by atoms with Crippen LogP contribution in [-0.4, -0.2) is 34.9 Å². The number of hydrogen-bond donors (Lipinski definition) is 2. The number of alkyl carbamates (subject to hydrolysis) is 1. The molecule has 1 aromatic heterocycles. The molecule has 0 aromatic carbocycles. The minimum Gasteiger partial charge on any atom is -0.444 e. The van der Waals surface area contributed by atoms with Crippen molar-refractivity contribution in [3.63, 3.8) is 0 Å². The topological polar surface area (TPSA) is 71.5 Å². The maximum atomic E-state index is 11.7. The SMILES string of the molecule is CC(CO)(CNC(=O)OC(C)(C)C)Cc1ccncc1Cl. The molecule has 0 aliphatic carbocycles. The van der Waals surface area contributed by atoms with Gasteiger partial charge in [-0.05, 0) is 38.8 Å². The number of aliphatic hydroxyl groups excluding tert-OH is 1. The van der Waals surface area contributed by atoms with Crippen molar-refractivity contribution in [1.29, 1.82) is 0 Å². The number of carbonyl (C=O) groups excluding carboxylic acids is 1. The summed E-state index contributed by atoms with van der Waals surface area (Å²) in [7, 11) is 0. The van der Waals surface area contributed by atoms with Crippen molar-refractivity contribution in [3.05, 3.63) is 29.0 Å². The van der Waals surface area contributed by atoms with Crippen molar-refractivity contribution in [2.24, 2.45) is 5.41 Å². The van der Waals surface area contributed by atoms with Crippen LogP contribution in [0.25, 0.3) is 0 Å². The van der Waals surface area contributed by atoms with Gasteiger partial charge in [-0.15, -0.1) is 0 Å². The molecule has 1 atom stereocenters. The zero-order chi connectivity index (χ0) is 16.1. The summed E-state index contributed by atoms with van der Waals surface area (Å²) in [6, 6.07) is 1.81. The molecule has 1 aromatic rings. The Labute approximate surface area is 130 Å². The quantitative estimate of drug-likeness (QED) is 0.876. The highest BCUT2D eigenvalue weighted by atomic mass is 35.5. The third-order valence-electron chi connectivity index (χ3n) is 2.91. The summed E-state index contributed by atoms with van der Waals surface area (Å²) in [5.41, 5.74) is -0.190. The molecule has 0 saturated heterocycles. The first kappa shape index (κ1) is 17.7. The summed E-state index contributed by atoms with van der Waals surface area (Å²) in [6.45, 7) is 7.48. The number of rotatable bonds is 5. The fourth-order valence-electron chi connectivity index (χ4n) is 1.78. The number of aromatic nitrogens is 1. The Hall–Kier alpha value is -1.33. The van der Waals surface area contributed by atoms with Crippen molar-refractivity contribution in [3.8, 4) is 0 Å². The van der Waals surface area contributed by atoms with Crippen LogP contribution < -0.4 is 5.32 Å². The highest BCUT2D eigenvalue weighted by Gasteiger charge is 2.27. The standard InChI is InChI=1S/C15H23ClN2O3/c1-14(2,3)21-13(20)18-9-15(4,10-19)7-11-5-6-17-8-12(11)16/h5-6,8,19H,7,9-10H2,1-4H3,(H,18,20). The molecule has 1 amide bonds. The summed E-state index contributed by atoms with van der Waals surface area (Å²) in [4.78, 5) is 15.6. The number of halogens is 1. The van der Waals surface area contributed by atoms with Crippen LogP contribution in [-0.2, 0) is 11.2 Å². The summed E-state index contributed by atoms with van der Waals surface area (Å²) in [6.07, 6.45) is 3.25. The van der Waals surface area contributed by atoms with E-state index in [1.54, 1.807) is 33.2 Å². The monoisotopic (exact) mass is 314 g/mol. The van der Waals surface area contributed by atoms with E-state index in [-0.39, 0.29) is 13.2 Å². The summed E-state index contributed by atoms with van der Waals surface area (Å²) < 4.78 is 5.18. The lowest BCUT2D eigenvalue weighted by Gasteiger charge is -2.29. The van der Waals surface area contributed by atoms with Gasteiger partial charge in [-0.2, -0.15) is 0 Å². The second-order valence-electron chi connectivity index (χ2n) is 6.47. The Morgan fingerprint density at radius 3 is 2.62 bits per heavy atom. The van der Waals surface area contributed by atoms with Crippen LogP contribution in [0.3, 0.4) is 0 Å². The number of ether oxygens (including phenoxy) is 1. The van der Waals surface area contributed by atoms with Crippen LogP contribution in [0.1, 0.15) is 33.3 Å². The fraction of sp³-hybridized carbons (Fsp3) is 0.600. The van der Waals surface area contributed by atoms with Gasteiger partial charge < -0.3 is 15.2 Å². The summed E-state index contributed by atoms with van der Waals surface area (Å²) in [5, 5.41) is 12.9. The van der Waals surface area contributed by atoms with Gasteiger partial charge in [0.25, 0.3) is 0 Å². The number of aliphatic hydroxyl groups is 1. The molecular formula is C15H23ClN2O3. The first-order chi connectivity index (χ1) is 9.65. The second kappa shape index (κ2) is 7.09. The average molecular weight is 315 g/mol. The first-order valence-corrected chi connectivity index (χ1v) is 7.19. The number of nitrogens with zero attached hydrogens (tertiary/aromatic N) is 1. The normalized spacial score (nSPS) is 14.4. The van der Waals surface area contributed by atoms with Gasteiger partial charge in [0.1, 0.15) is 5.60 Å². The van der Waals surface area contributed by atoms with Crippen LogP contribution in [0.2, 0.25) is 5.02 Å². The molecule has 0 radical (unpaired) electrons. The maximum Gasteiger partial charge on any atom is 0.407 e. The molecule has 21 heavy (non-hydrogen) atoms. The Kier molecular flexibility index (Phi) is 5.98. The molecule has 5 nitrogen and oxygen atoms in total. The molecule has 0 spiro atoms. The van der Waals surface area contributed by atoms with E-state index < -0.39 is 17.1 Å². The maximum absolute atomic E-state index is 11.7. The van der Waals surface area contributed by atoms with Gasteiger partial charge in [0, 0.05) is 24.4 Å². The lowest BCUT2D eigenvalue weighted by atomic mass is 9.84. The first-order valence-electron chi connectivity index (χ1n) is 6.81. The number of hydrogen-bond acceptors (Lipinski definition) is 4. The lowest BCUT2D eigenvalue weighted by molar-refractivity contribution is 0.0478. The van der Waals surface area contributed by atoms with Crippen molar-refractivity contribution in [1.82, 2.24) is 10.3 Å². The molecule has 6 heteroatoms. The Bertz CT molecular complexity index is 488. The predicted molar refractivity (Wildman–Crippen MR) is 82.4 cm³/mol. The molecule has 1 unspecified atom stereocenters. The largest absolute Gasteiger partial charge is 0.444 e. The van der Waals surface area contributed by atoms with Gasteiger partial charge in [-0.3, -0.25) is 4.98 Å². The number of pyridine rings is 1. The summed E-state index contributed by atoms with van der Waals surface area (Å²) in [5.74, 6) is 0. The minimum atomic E-state index is -0.548. The molecule has 0 aliphatic heterocycles. The van der Waals surface area contributed by atoms with Crippen molar-refractivity contribution in [2.75, 3.05) is 13.2 Å². The highest BCUT2D eigenvalue weighted by Crippen LogP contribution is 2.25. The van der Waals surface area contributed by atoms with E-state index in [4.69, 9.17) is 16.3 Å². The minimum absolute atomic E-state index is 0.0819. The molecule has 0 bridgehead atoms. The van der Waals surface area contributed by atoms with E-state index in [0.29, 0.717) is 11.4 Å². The highest BCUT2D eigenvalue weighted by molar-refractivity contribution is 6.31. The van der Waals surface area contributed by atoms with Crippen LogP contribution in [0.4, 0.5) is 4.79 Å². The van der Waals surface area contributed by atoms with Crippen LogP contribution in [0.15, 0.2) is 18.5 Å². The number of nitrogens with one attached hydrogen (secondary N) is 1. The molecular weight excluding hydrogens is 292 g/mol. The molecule has 1 heterocycles. The Morgan fingerprint density at radius 1 is 1.43 bits per heavy atom. The second-order valence-corrected chi connectivity index (χ2v) is 6.88. The third kappa shape index (κ3) is 6.31. The molecule has 2 N–H and O–H groups in total. The lowest BCUT2D eigenvalue weighted by Crippen LogP contribution is -2.41. The van der Waals surface area contributed by atoms with Crippen LogP contribution in [0.5, 0.6) is 0 Å². The third-order valence-corrected chi connectivity index (χ3v) is 3.25. The van der Waals surface area contributed by atoms with Crippen molar-refractivity contribution >= 4 is 17.7 Å². The smallest absolute Gasteiger partial charge is 0.407 e. The Morgan fingerprint density at radius 2 is 2.10 bits per heavy atom. The number of carbonyl (C=O) groups is 1. The van der Waals surface area contributed by atoms with Gasteiger partial charge in [-0.1, -0.05) is 18.5 Å². The predicted octanol–water partition coefficient (Wildman–Crippen LogP) is 2.80. The van der Waals surface area contributed by atoms with Crippen molar-refractivity contribution in [2.45, 2.75) is 39.7 Å². The zero-order valence-corrected chi connectivity index (χ0v) is 13.7. The van der Waals surface area contributed by atoms with Crippen LogP contribution >= 0.6 is 11.6 Å². The molecule has 0 fully saturated rings. The van der Waals surface area contributed by atoms with E-state index in [9.17, 15) is 9.90 Å². The molecule has 118 valence electrons. The molecule has 0 saturated carbocycles. The van der Waals surface area contributed by atoms with Gasteiger partial charge in [0.2, 0.25) is 0 Å². The van der Waals surface area contributed by atoms with Gasteiger partial charge >= 0.3 is 6.09 Å². The van der Waals surface area contributed by atoms with E-state index in [1.165, 1.54) is 0 Å². The fourth-order valence-corrected chi connectivity index (χ4v) is 1.97. The Balaban J connectivity index is 2.64. The van der Waals surface area contributed by atoms with Gasteiger partial charge in [-0.25, -0.2) is 4.79 Å². The van der Waals surface area contributed by atoms with E-state index in [2.05, 4.69) is 10.3 Å². The van der Waals surface area contributed by atoms with Crippen LogP contribution in [0, 0.1) is 5.41 Å². The summed E-state index contributed by atoms with van der Waals surface area (Å²) >= 11 is 6.08. The molecule has 0 aliphatic rings. The number of amides is 1.